The Hall–Kier alpha value is -3.04. The van der Waals surface area contributed by atoms with Gasteiger partial charge < -0.3 is 10.2 Å². The number of anilines is 1. The lowest BCUT2D eigenvalue weighted by atomic mass is 10.1. The molecule has 1 fully saturated rings. The molecule has 0 radical (unpaired) electrons. The predicted octanol–water partition coefficient (Wildman–Crippen LogP) is 1.51. The van der Waals surface area contributed by atoms with Gasteiger partial charge in [0.05, 0.1) is 5.75 Å². The number of piperazine rings is 1. The Morgan fingerprint density at radius 1 is 0.933 bits per heavy atom. The highest BCUT2D eigenvalue weighted by atomic mass is 32.2. The van der Waals surface area contributed by atoms with Crippen molar-refractivity contribution in [3.8, 4) is 0 Å². The molecule has 1 aliphatic heterocycles. The first-order chi connectivity index (χ1) is 14.5. The molecule has 0 spiro atoms. The van der Waals surface area contributed by atoms with Crippen LogP contribution in [0.25, 0.3) is 10.8 Å². The first kappa shape index (κ1) is 20.2. The van der Waals surface area contributed by atoms with Crippen LogP contribution in [0.3, 0.4) is 0 Å². The van der Waals surface area contributed by atoms with E-state index in [1.807, 2.05) is 41.3 Å². The molecule has 1 saturated heterocycles. The first-order valence-corrected chi connectivity index (χ1v) is 11.4. The second-order valence-electron chi connectivity index (χ2n) is 7.07. The van der Waals surface area contributed by atoms with E-state index in [2.05, 4.69) is 15.3 Å². The average molecular weight is 426 g/mol. The number of carbonyl (C=O) groups excluding carboxylic acids is 1. The second-order valence-corrected chi connectivity index (χ2v) is 9.16. The van der Waals surface area contributed by atoms with Crippen LogP contribution < -0.4 is 10.2 Å². The number of nitrogens with one attached hydrogen (secondary N) is 1. The van der Waals surface area contributed by atoms with Crippen molar-refractivity contribution in [1.82, 2.24) is 19.6 Å². The molecule has 30 heavy (non-hydrogen) atoms. The van der Waals surface area contributed by atoms with Gasteiger partial charge in [0.25, 0.3) is 5.91 Å². The topological polar surface area (TPSA) is 95.5 Å². The van der Waals surface area contributed by atoms with Crippen LogP contribution in [0.1, 0.15) is 10.4 Å². The van der Waals surface area contributed by atoms with Gasteiger partial charge in [-0.15, -0.1) is 0 Å². The largest absolute Gasteiger partial charge is 0.351 e. The number of hydrogen-bond donors (Lipinski definition) is 1. The Balaban J connectivity index is 1.29. The fourth-order valence-electron chi connectivity index (χ4n) is 3.48. The molecule has 4 rings (SSSR count). The van der Waals surface area contributed by atoms with Gasteiger partial charge in [-0.25, -0.2) is 18.4 Å². The summed E-state index contributed by atoms with van der Waals surface area (Å²) in [7, 11) is -3.45. The fraction of sp³-hybridized carbons (Fsp3) is 0.286. The number of rotatable bonds is 6. The summed E-state index contributed by atoms with van der Waals surface area (Å²) in [4.78, 5) is 22.8. The minimum atomic E-state index is -3.45. The number of amides is 1. The van der Waals surface area contributed by atoms with E-state index in [0.717, 1.165) is 10.8 Å². The molecule has 1 N–H and O–H groups in total. The smallest absolute Gasteiger partial charge is 0.251 e. The van der Waals surface area contributed by atoms with Crippen LogP contribution in [0.5, 0.6) is 0 Å². The minimum Gasteiger partial charge on any atom is -0.351 e. The van der Waals surface area contributed by atoms with Gasteiger partial charge in [0, 0.05) is 50.7 Å². The molecule has 1 amide bonds. The van der Waals surface area contributed by atoms with Crippen LogP contribution in [0.15, 0.2) is 60.9 Å². The fourth-order valence-corrected chi connectivity index (χ4v) is 4.81. The summed E-state index contributed by atoms with van der Waals surface area (Å²) >= 11 is 0. The van der Waals surface area contributed by atoms with Crippen LogP contribution in [0.2, 0.25) is 0 Å². The van der Waals surface area contributed by atoms with E-state index in [1.165, 1.54) is 4.31 Å². The molecule has 0 saturated carbocycles. The summed E-state index contributed by atoms with van der Waals surface area (Å²) in [5.74, 6) is 0.202. The van der Waals surface area contributed by atoms with E-state index in [9.17, 15) is 13.2 Å². The summed E-state index contributed by atoms with van der Waals surface area (Å²) in [6, 6.07) is 15.0. The molecule has 0 unspecified atom stereocenters. The zero-order valence-corrected chi connectivity index (χ0v) is 17.3. The zero-order valence-electron chi connectivity index (χ0n) is 16.4. The first-order valence-electron chi connectivity index (χ1n) is 9.80. The van der Waals surface area contributed by atoms with Crippen molar-refractivity contribution in [2.45, 2.75) is 0 Å². The van der Waals surface area contributed by atoms with E-state index >= 15 is 0 Å². The maximum absolute atomic E-state index is 12.6. The van der Waals surface area contributed by atoms with E-state index in [0.29, 0.717) is 37.7 Å². The lowest BCUT2D eigenvalue weighted by Gasteiger charge is -2.33. The molecule has 0 atom stereocenters. The summed E-state index contributed by atoms with van der Waals surface area (Å²) < 4.78 is 26.8. The molecule has 2 aromatic carbocycles. The van der Waals surface area contributed by atoms with Crippen molar-refractivity contribution in [3.63, 3.8) is 0 Å². The van der Waals surface area contributed by atoms with Gasteiger partial charge in [0.15, 0.2) is 0 Å². The van der Waals surface area contributed by atoms with E-state index in [1.54, 1.807) is 24.5 Å². The Bertz CT molecular complexity index is 1130. The molecule has 0 aliphatic carbocycles. The van der Waals surface area contributed by atoms with Crippen LogP contribution in [0.4, 0.5) is 5.95 Å². The number of nitrogens with zero attached hydrogens (tertiary/aromatic N) is 4. The van der Waals surface area contributed by atoms with E-state index in [4.69, 9.17) is 0 Å². The molecule has 9 heteroatoms. The normalized spacial score (nSPS) is 15.3. The molecule has 0 bridgehead atoms. The van der Waals surface area contributed by atoms with Gasteiger partial charge in [-0.05, 0) is 29.0 Å². The highest BCUT2D eigenvalue weighted by molar-refractivity contribution is 7.89. The maximum atomic E-state index is 12.6. The molecule has 3 aromatic rings. The van der Waals surface area contributed by atoms with Gasteiger partial charge in [-0.1, -0.05) is 30.3 Å². The van der Waals surface area contributed by atoms with Gasteiger partial charge in [-0.3, -0.25) is 4.79 Å². The molecule has 2 heterocycles. The van der Waals surface area contributed by atoms with Gasteiger partial charge in [0.1, 0.15) is 0 Å². The summed E-state index contributed by atoms with van der Waals surface area (Å²) in [5.41, 5.74) is 0.516. The molecule has 156 valence electrons. The monoisotopic (exact) mass is 425 g/mol. The number of sulfonamides is 1. The zero-order chi connectivity index (χ0) is 21.0. The van der Waals surface area contributed by atoms with Gasteiger partial charge >= 0.3 is 0 Å². The third kappa shape index (κ3) is 4.58. The van der Waals surface area contributed by atoms with Crippen molar-refractivity contribution < 1.29 is 13.2 Å². The number of hydrogen-bond acceptors (Lipinski definition) is 6. The molecular formula is C21H23N5O3S. The van der Waals surface area contributed by atoms with Gasteiger partial charge in [-0.2, -0.15) is 4.31 Å². The quantitative estimate of drug-likeness (QED) is 0.643. The lowest BCUT2D eigenvalue weighted by molar-refractivity contribution is 0.0956. The third-order valence-electron chi connectivity index (χ3n) is 5.12. The average Bonchev–Trinajstić information content (AvgIpc) is 2.79. The van der Waals surface area contributed by atoms with Crippen molar-refractivity contribution in [3.05, 3.63) is 66.5 Å². The Morgan fingerprint density at radius 2 is 1.63 bits per heavy atom. The Kier molecular flexibility index (Phi) is 5.91. The van der Waals surface area contributed by atoms with Crippen molar-refractivity contribution >= 4 is 32.7 Å². The van der Waals surface area contributed by atoms with Gasteiger partial charge in [0.2, 0.25) is 16.0 Å². The van der Waals surface area contributed by atoms with Crippen molar-refractivity contribution in [2.75, 3.05) is 43.4 Å². The van der Waals surface area contributed by atoms with Crippen LogP contribution in [-0.4, -0.2) is 67.1 Å². The number of fused-ring (bicyclic) bond motifs is 1. The highest BCUT2D eigenvalue weighted by Crippen LogP contribution is 2.16. The van der Waals surface area contributed by atoms with E-state index in [-0.39, 0.29) is 18.2 Å². The predicted molar refractivity (Wildman–Crippen MR) is 116 cm³/mol. The number of carbonyl (C=O) groups is 1. The molecular weight excluding hydrogens is 402 g/mol. The molecule has 1 aromatic heterocycles. The number of benzene rings is 2. The number of aromatic nitrogens is 2. The SMILES string of the molecule is O=C(NCCS(=O)(=O)N1CCN(c2ncccn2)CC1)c1ccc2ccccc2c1. The Morgan fingerprint density at radius 3 is 2.37 bits per heavy atom. The minimum absolute atomic E-state index is 0.0655. The Labute approximate surface area is 175 Å². The van der Waals surface area contributed by atoms with Crippen LogP contribution >= 0.6 is 0 Å². The highest BCUT2D eigenvalue weighted by Gasteiger charge is 2.27. The maximum Gasteiger partial charge on any atom is 0.251 e. The standard InChI is InChI=1S/C21H23N5O3S/c27-20(19-7-6-17-4-1-2-5-18(17)16-19)22-10-15-30(28,29)26-13-11-25(12-14-26)21-23-8-3-9-24-21/h1-9,16H,10-15H2,(H,22,27). The van der Waals surface area contributed by atoms with Crippen molar-refractivity contribution in [1.29, 1.82) is 0 Å². The lowest BCUT2D eigenvalue weighted by Crippen LogP contribution is -2.50. The van der Waals surface area contributed by atoms with Crippen LogP contribution in [0, 0.1) is 0 Å². The molecule has 1 aliphatic rings. The van der Waals surface area contributed by atoms with Crippen molar-refractivity contribution in [2.24, 2.45) is 0 Å². The summed E-state index contributed by atoms with van der Waals surface area (Å²) in [5, 5.41) is 4.74. The summed E-state index contributed by atoms with van der Waals surface area (Å²) in [6.07, 6.45) is 3.34. The summed E-state index contributed by atoms with van der Waals surface area (Å²) in [6.45, 7) is 1.88. The van der Waals surface area contributed by atoms with Crippen LogP contribution in [-0.2, 0) is 10.0 Å². The van der Waals surface area contributed by atoms with E-state index < -0.39 is 10.0 Å². The molecule has 8 nitrogen and oxygen atoms in total. The second kappa shape index (κ2) is 8.76. The third-order valence-corrected chi connectivity index (χ3v) is 7.00.